The number of hydrogen-bond donors (Lipinski definition) is 0. The summed E-state index contributed by atoms with van der Waals surface area (Å²) in [6.45, 7) is 0. The first-order chi connectivity index (χ1) is 9.31. The Hall–Kier alpha value is -1.94. The lowest BCUT2D eigenvalue weighted by atomic mass is 10.1. The Morgan fingerprint density at radius 1 is 0.947 bits per heavy atom. The number of benzene rings is 2. The lowest BCUT2D eigenvalue weighted by Crippen LogP contribution is -1.90. The van der Waals surface area contributed by atoms with Crippen LogP contribution < -0.4 is 0 Å². The summed E-state index contributed by atoms with van der Waals surface area (Å²) in [5.41, 5.74) is 2.10. The van der Waals surface area contributed by atoms with E-state index in [4.69, 9.17) is 4.52 Å². The van der Waals surface area contributed by atoms with Gasteiger partial charge in [-0.25, -0.2) is 0 Å². The molecule has 2 aromatic carbocycles. The van der Waals surface area contributed by atoms with E-state index in [9.17, 15) is 0 Å². The van der Waals surface area contributed by atoms with E-state index in [1.54, 1.807) is 0 Å². The fourth-order valence-electron chi connectivity index (χ4n) is 1.81. The minimum Gasteiger partial charge on any atom is -0.334 e. The molecule has 3 aromatic rings. The second kappa shape index (κ2) is 5.36. The zero-order valence-corrected chi connectivity index (χ0v) is 11.7. The third-order valence-corrected chi connectivity index (χ3v) is 3.29. The van der Waals surface area contributed by atoms with E-state index in [0.717, 1.165) is 15.6 Å². The molecule has 1 aromatic heterocycles. The summed E-state index contributed by atoms with van der Waals surface area (Å²) in [6, 6.07) is 17.9. The maximum absolute atomic E-state index is 5.28. The van der Waals surface area contributed by atoms with Crippen molar-refractivity contribution in [2.24, 2.45) is 0 Å². The fraction of sp³-hybridized carbons (Fsp3) is 0.0667. The van der Waals surface area contributed by atoms with Crippen LogP contribution in [-0.2, 0) is 6.42 Å². The highest BCUT2D eigenvalue weighted by atomic mass is 79.9. The van der Waals surface area contributed by atoms with Crippen LogP contribution in [0.1, 0.15) is 11.4 Å². The number of hydrogen-bond acceptors (Lipinski definition) is 3. The van der Waals surface area contributed by atoms with Crippen molar-refractivity contribution < 1.29 is 4.52 Å². The van der Waals surface area contributed by atoms with Crippen molar-refractivity contribution in [2.75, 3.05) is 0 Å². The molecule has 3 rings (SSSR count). The Balaban J connectivity index is 1.80. The molecule has 0 radical (unpaired) electrons. The lowest BCUT2D eigenvalue weighted by Gasteiger charge is -1.96. The minimum absolute atomic E-state index is 0.563. The largest absolute Gasteiger partial charge is 0.334 e. The van der Waals surface area contributed by atoms with Gasteiger partial charge in [0.1, 0.15) is 0 Å². The fourth-order valence-corrected chi connectivity index (χ4v) is 2.07. The summed E-state index contributed by atoms with van der Waals surface area (Å²) >= 11 is 3.42. The summed E-state index contributed by atoms with van der Waals surface area (Å²) in [5, 5.41) is 4.01. The van der Waals surface area contributed by atoms with E-state index >= 15 is 0 Å². The Morgan fingerprint density at radius 2 is 1.68 bits per heavy atom. The number of rotatable bonds is 3. The zero-order valence-electron chi connectivity index (χ0n) is 10.1. The van der Waals surface area contributed by atoms with Crippen LogP contribution in [0.3, 0.4) is 0 Å². The van der Waals surface area contributed by atoms with Gasteiger partial charge < -0.3 is 4.52 Å². The molecule has 0 aliphatic rings. The van der Waals surface area contributed by atoms with Crippen molar-refractivity contribution in [2.45, 2.75) is 6.42 Å². The zero-order chi connectivity index (χ0) is 13.1. The highest BCUT2D eigenvalue weighted by molar-refractivity contribution is 9.10. The molecule has 0 fully saturated rings. The molecule has 0 spiro atoms. The molecule has 0 aliphatic heterocycles. The first-order valence-electron chi connectivity index (χ1n) is 5.94. The Kier molecular flexibility index (Phi) is 3.42. The van der Waals surface area contributed by atoms with Gasteiger partial charge in [-0.15, -0.1) is 0 Å². The van der Waals surface area contributed by atoms with Gasteiger partial charge in [0.05, 0.1) is 0 Å². The van der Waals surface area contributed by atoms with E-state index in [0.29, 0.717) is 18.1 Å². The third kappa shape index (κ3) is 2.90. The lowest BCUT2D eigenvalue weighted by molar-refractivity contribution is 0.424. The Morgan fingerprint density at radius 3 is 2.42 bits per heavy atom. The van der Waals surface area contributed by atoms with Crippen LogP contribution in [0.5, 0.6) is 0 Å². The Labute approximate surface area is 119 Å². The second-order valence-electron chi connectivity index (χ2n) is 4.19. The van der Waals surface area contributed by atoms with Crippen LogP contribution in [-0.4, -0.2) is 10.1 Å². The van der Waals surface area contributed by atoms with Crippen LogP contribution >= 0.6 is 15.9 Å². The van der Waals surface area contributed by atoms with E-state index in [-0.39, 0.29) is 0 Å². The highest BCUT2D eigenvalue weighted by Gasteiger charge is 2.08. The van der Waals surface area contributed by atoms with Crippen LogP contribution in [0.2, 0.25) is 0 Å². The molecule has 0 amide bonds. The molecule has 4 heteroatoms. The topological polar surface area (TPSA) is 38.9 Å². The van der Waals surface area contributed by atoms with Crippen molar-refractivity contribution in [3.63, 3.8) is 0 Å². The average molecular weight is 315 g/mol. The maximum Gasteiger partial charge on any atom is 0.257 e. The second-order valence-corrected chi connectivity index (χ2v) is 5.10. The number of aromatic nitrogens is 2. The van der Waals surface area contributed by atoms with Crippen molar-refractivity contribution in [1.29, 1.82) is 0 Å². The first kappa shape index (κ1) is 12.1. The van der Waals surface area contributed by atoms with Gasteiger partial charge in [-0.05, 0) is 29.8 Å². The molecule has 0 saturated heterocycles. The smallest absolute Gasteiger partial charge is 0.257 e. The van der Waals surface area contributed by atoms with Gasteiger partial charge in [0.15, 0.2) is 5.82 Å². The van der Waals surface area contributed by atoms with E-state index < -0.39 is 0 Å². The highest BCUT2D eigenvalue weighted by Crippen LogP contribution is 2.18. The summed E-state index contributed by atoms with van der Waals surface area (Å²) in [7, 11) is 0. The van der Waals surface area contributed by atoms with Crippen molar-refractivity contribution >= 4 is 15.9 Å². The van der Waals surface area contributed by atoms with E-state index in [1.165, 1.54) is 0 Å². The number of halogens is 1. The summed E-state index contributed by atoms with van der Waals surface area (Å²) in [4.78, 5) is 4.41. The molecular formula is C15H11BrN2O. The van der Waals surface area contributed by atoms with Crippen LogP contribution in [0.15, 0.2) is 63.6 Å². The Bertz CT molecular complexity index is 662. The van der Waals surface area contributed by atoms with Gasteiger partial charge in [0, 0.05) is 16.5 Å². The molecule has 0 saturated carbocycles. The van der Waals surface area contributed by atoms with Crippen molar-refractivity contribution in [3.05, 3.63) is 70.5 Å². The van der Waals surface area contributed by atoms with Crippen LogP contribution in [0, 0.1) is 0 Å². The average Bonchev–Trinajstić information content (AvgIpc) is 2.91. The SMILES string of the molecule is Brc1ccc(Cc2noc(-c3ccccc3)n2)cc1. The molecule has 0 N–H and O–H groups in total. The van der Waals surface area contributed by atoms with Crippen LogP contribution in [0.25, 0.3) is 11.5 Å². The van der Waals surface area contributed by atoms with Crippen molar-refractivity contribution in [1.82, 2.24) is 10.1 Å². The van der Waals surface area contributed by atoms with E-state index in [1.807, 2.05) is 54.6 Å². The molecule has 94 valence electrons. The predicted molar refractivity (Wildman–Crippen MR) is 76.7 cm³/mol. The summed E-state index contributed by atoms with van der Waals surface area (Å²) < 4.78 is 6.34. The normalized spacial score (nSPS) is 10.6. The molecule has 0 bridgehead atoms. The molecule has 0 unspecified atom stereocenters. The monoisotopic (exact) mass is 314 g/mol. The van der Waals surface area contributed by atoms with Gasteiger partial charge in [-0.1, -0.05) is 51.4 Å². The minimum atomic E-state index is 0.563. The molecular weight excluding hydrogens is 304 g/mol. The van der Waals surface area contributed by atoms with E-state index in [2.05, 4.69) is 26.1 Å². The third-order valence-electron chi connectivity index (χ3n) is 2.76. The van der Waals surface area contributed by atoms with Crippen LogP contribution in [0.4, 0.5) is 0 Å². The first-order valence-corrected chi connectivity index (χ1v) is 6.73. The summed E-state index contributed by atoms with van der Waals surface area (Å²) in [5.74, 6) is 1.26. The summed E-state index contributed by atoms with van der Waals surface area (Å²) in [6.07, 6.45) is 0.670. The predicted octanol–water partition coefficient (Wildman–Crippen LogP) is 4.09. The van der Waals surface area contributed by atoms with Gasteiger partial charge in [-0.2, -0.15) is 4.98 Å². The van der Waals surface area contributed by atoms with Crippen molar-refractivity contribution in [3.8, 4) is 11.5 Å². The number of nitrogens with zero attached hydrogens (tertiary/aromatic N) is 2. The molecule has 0 atom stereocenters. The maximum atomic E-state index is 5.28. The standard InChI is InChI=1S/C15H11BrN2O/c16-13-8-6-11(7-9-13)10-14-17-15(19-18-14)12-4-2-1-3-5-12/h1-9H,10H2. The van der Waals surface area contributed by atoms with Gasteiger partial charge in [0.25, 0.3) is 5.89 Å². The van der Waals surface area contributed by atoms with Gasteiger partial charge in [0.2, 0.25) is 0 Å². The molecule has 3 nitrogen and oxygen atoms in total. The van der Waals surface area contributed by atoms with Gasteiger partial charge >= 0.3 is 0 Å². The molecule has 0 aliphatic carbocycles. The quantitative estimate of drug-likeness (QED) is 0.731. The molecule has 1 heterocycles. The van der Waals surface area contributed by atoms with Gasteiger partial charge in [-0.3, -0.25) is 0 Å². The molecule has 19 heavy (non-hydrogen) atoms.